The second-order valence-electron chi connectivity index (χ2n) is 6.46. The molecule has 1 unspecified atom stereocenters. The number of carbonyl (C=O) groups excluding carboxylic acids is 1. The Kier molecular flexibility index (Phi) is 4.02. The summed E-state index contributed by atoms with van der Waals surface area (Å²) in [5.74, 6) is 1.12. The highest BCUT2D eigenvalue weighted by atomic mass is 16.5. The van der Waals surface area contributed by atoms with E-state index in [1.807, 2.05) is 22.8 Å². The van der Waals surface area contributed by atoms with E-state index in [9.17, 15) is 9.59 Å². The summed E-state index contributed by atoms with van der Waals surface area (Å²) in [6.45, 7) is 0.607. The van der Waals surface area contributed by atoms with Crippen LogP contribution in [-0.2, 0) is 29.5 Å². The van der Waals surface area contributed by atoms with Gasteiger partial charge in [-0.25, -0.2) is 4.68 Å². The van der Waals surface area contributed by atoms with Gasteiger partial charge in [-0.15, -0.1) is 10.2 Å². The average molecular weight is 353 g/mol. The summed E-state index contributed by atoms with van der Waals surface area (Å²) in [4.78, 5) is 24.2. The summed E-state index contributed by atoms with van der Waals surface area (Å²) in [5.41, 5.74) is 0.476. The van der Waals surface area contributed by atoms with E-state index < -0.39 is 0 Å². The van der Waals surface area contributed by atoms with Crippen molar-refractivity contribution in [3.63, 3.8) is 0 Å². The van der Waals surface area contributed by atoms with Crippen LogP contribution in [0.25, 0.3) is 22.3 Å². The minimum atomic E-state index is -0.184. The van der Waals surface area contributed by atoms with Gasteiger partial charge in [-0.3, -0.25) is 9.59 Å². The maximum atomic E-state index is 12.4. The van der Waals surface area contributed by atoms with Crippen LogP contribution in [-0.4, -0.2) is 37.6 Å². The molecule has 134 valence electrons. The number of nitrogens with zero attached hydrogens (tertiary/aromatic N) is 5. The second-order valence-corrected chi connectivity index (χ2v) is 6.46. The molecule has 0 bridgehead atoms. The van der Waals surface area contributed by atoms with Gasteiger partial charge in [-0.2, -0.15) is 5.10 Å². The van der Waals surface area contributed by atoms with Gasteiger partial charge >= 0.3 is 5.97 Å². The van der Waals surface area contributed by atoms with Gasteiger partial charge in [0.05, 0.1) is 18.4 Å². The lowest BCUT2D eigenvalue weighted by atomic mass is 10.0. The van der Waals surface area contributed by atoms with Crippen molar-refractivity contribution < 1.29 is 9.53 Å². The van der Waals surface area contributed by atoms with Crippen molar-refractivity contribution in [3.8, 4) is 11.5 Å². The third kappa shape index (κ3) is 2.58. The van der Waals surface area contributed by atoms with Crippen molar-refractivity contribution >= 4 is 16.7 Å². The molecular formula is C18H19N5O3. The lowest BCUT2D eigenvalue weighted by molar-refractivity contribution is -0.145. The Balaban J connectivity index is 1.82. The minimum absolute atomic E-state index is 0.139. The average Bonchev–Trinajstić information content (AvgIpc) is 2.95. The van der Waals surface area contributed by atoms with E-state index in [0.29, 0.717) is 42.7 Å². The Morgan fingerprint density at radius 2 is 1.96 bits per heavy atom. The van der Waals surface area contributed by atoms with E-state index in [1.165, 1.54) is 11.8 Å². The highest BCUT2D eigenvalue weighted by molar-refractivity contribution is 5.92. The van der Waals surface area contributed by atoms with Crippen LogP contribution in [0.4, 0.5) is 0 Å². The molecule has 26 heavy (non-hydrogen) atoms. The number of esters is 1. The van der Waals surface area contributed by atoms with Gasteiger partial charge < -0.3 is 9.30 Å². The van der Waals surface area contributed by atoms with Crippen LogP contribution < -0.4 is 5.56 Å². The predicted molar refractivity (Wildman–Crippen MR) is 94.4 cm³/mol. The minimum Gasteiger partial charge on any atom is -0.469 e. The van der Waals surface area contributed by atoms with E-state index in [1.54, 1.807) is 13.1 Å². The molecule has 8 nitrogen and oxygen atoms in total. The zero-order chi connectivity index (χ0) is 18.3. The van der Waals surface area contributed by atoms with E-state index in [4.69, 9.17) is 4.74 Å². The Morgan fingerprint density at radius 3 is 2.73 bits per heavy atom. The zero-order valence-electron chi connectivity index (χ0n) is 14.7. The van der Waals surface area contributed by atoms with Crippen LogP contribution in [0, 0.1) is 5.92 Å². The molecule has 3 heterocycles. The number of ether oxygens (including phenoxy) is 1. The van der Waals surface area contributed by atoms with Crippen molar-refractivity contribution in [2.75, 3.05) is 7.11 Å². The Labute approximate surface area is 149 Å². The summed E-state index contributed by atoms with van der Waals surface area (Å²) < 4.78 is 8.22. The molecule has 2 aromatic heterocycles. The van der Waals surface area contributed by atoms with Crippen LogP contribution in [0.15, 0.2) is 29.1 Å². The number of hydrogen-bond acceptors (Lipinski definition) is 6. The normalized spacial score (nSPS) is 16.9. The Bertz CT molecular complexity index is 1050. The van der Waals surface area contributed by atoms with Crippen molar-refractivity contribution in [2.24, 2.45) is 13.0 Å². The van der Waals surface area contributed by atoms with Gasteiger partial charge in [0.25, 0.3) is 5.56 Å². The van der Waals surface area contributed by atoms with Crippen LogP contribution in [0.1, 0.15) is 18.7 Å². The van der Waals surface area contributed by atoms with Crippen molar-refractivity contribution in [1.29, 1.82) is 0 Å². The number of benzene rings is 1. The highest BCUT2D eigenvalue weighted by Gasteiger charge is 2.27. The number of aromatic nitrogens is 5. The molecule has 0 saturated heterocycles. The standard InChI is InChI=1S/C18H19N5O3/c1-22-17(24)13-6-4-3-5-12(13)15(21-22)16-20-19-14-8-7-11(18(25)26-2)9-10-23(14)16/h3-6,11H,7-10H2,1-2H3. The number of methoxy groups -OCH3 is 1. The van der Waals surface area contributed by atoms with E-state index in [2.05, 4.69) is 15.3 Å². The van der Waals surface area contributed by atoms with Crippen LogP contribution in [0.3, 0.4) is 0 Å². The number of rotatable bonds is 2. The lowest BCUT2D eigenvalue weighted by Crippen LogP contribution is -2.21. The molecular weight excluding hydrogens is 334 g/mol. The third-order valence-electron chi connectivity index (χ3n) is 4.95. The Morgan fingerprint density at radius 1 is 1.19 bits per heavy atom. The number of carbonyl (C=O) groups is 1. The lowest BCUT2D eigenvalue weighted by Gasteiger charge is -2.12. The predicted octanol–water partition coefficient (Wildman–Crippen LogP) is 1.32. The fourth-order valence-corrected chi connectivity index (χ4v) is 3.53. The Hall–Kier alpha value is -3.03. The molecule has 0 amide bonds. The molecule has 1 aromatic carbocycles. The van der Waals surface area contributed by atoms with Crippen LogP contribution >= 0.6 is 0 Å². The number of aryl methyl sites for hydroxylation is 2. The van der Waals surface area contributed by atoms with Crippen LogP contribution in [0.5, 0.6) is 0 Å². The molecule has 3 aromatic rings. The molecule has 0 aliphatic carbocycles. The maximum absolute atomic E-state index is 12.4. The molecule has 4 rings (SSSR count). The first-order chi connectivity index (χ1) is 12.6. The van der Waals surface area contributed by atoms with E-state index >= 15 is 0 Å². The SMILES string of the molecule is COC(=O)C1CCc2nnc(-c3nn(C)c(=O)c4ccccc34)n2CC1. The fraction of sp³-hybridized carbons (Fsp3) is 0.389. The molecule has 1 aliphatic rings. The van der Waals surface area contributed by atoms with Crippen molar-refractivity contribution in [3.05, 3.63) is 40.4 Å². The largest absolute Gasteiger partial charge is 0.469 e. The topological polar surface area (TPSA) is 91.9 Å². The first kappa shape index (κ1) is 16.4. The molecule has 0 radical (unpaired) electrons. The third-order valence-corrected chi connectivity index (χ3v) is 4.95. The van der Waals surface area contributed by atoms with Gasteiger partial charge in [-0.1, -0.05) is 18.2 Å². The monoisotopic (exact) mass is 353 g/mol. The molecule has 0 fully saturated rings. The molecule has 1 aliphatic heterocycles. The first-order valence-electron chi connectivity index (χ1n) is 8.56. The summed E-state index contributed by atoms with van der Waals surface area (Å²) in [7, 11) is 3.05. The fourth-order valence-electron chi connectivity index (χ4n) is 3.53. The zero-order valence-corrected chi connectivity index (χ0v) is 14.7. The molecule has 8 heteroatoms. The molecule has 1 atom stereocenters. The van der Waals surface area contributed by atoms with Gasteiger partial charge in [0.2, 0.25) is 0 Å². The molecule has 0 spiro atoms. The summed E-state index contributed by atoms with van der Waals surface area (Å²) in [6, 6.07) is 7.36. The molecule has 0 N–H and O–H groups in total. The van der Waals surface area contributed by atoms with Gasteiger partial charge in [-0.05, 0) is 18.9 Å². The van der Waals surface area contributed by atoms with Gasteiger partial charge in [0.15, 0.2) is 5.82 Å². The van der Waals surface area contributed by atoms with Gasteiger partial charge in [0.1, 0.15) is 11.5 Å². The summed E-state index contributed by atoms with van der Waals surface area (Å²) in [5, 5.41) is 14.4. The van der Waals surface area contributed by atoms with Crippen molar-refractivity contribution in [1.82, 2.24) is 24.5 Å². The highest BCUT2D eigenvalue weighted by Crippen LogP contribution is 2.27. The quantitative estimate of drug-likeness (QED) is 0.645. The van der Waals surface area contributed by atoms with Crippen molar-refractivity contribution in [2.45, 2.75) is 25.8 Å². The van der Waals surface area contributed by atoms with Crippen LogP contribution in [0.2, 0.25) is 0 Å². The van der Waals surface area contributed by atoms with Gasteiger partial charge in [0, 0.05) is 25.4 Å². The maximum Gasteiger partial charge on any atom is 0.308 e. The molecule has 0 saturated carbocycles. The second kappa shape index (κ2) is 6.36. The van der Waals surface area contributed by atoms with E-state index in [-0.39, 0.29) is 17.4 Å². The smallest absolute Gasteiger partial charge is 0.308 e. The van der Waals surface area contributed by atoms with E-state index in [0.717, 1.165) is 11.2 Å². The number of hydrogen-bond donors (Lipinski definition) is 0. The first-order valence-corrected chi connectivity index (χ1v) is 8.56. The summed E-state index contributed by atoms with van der Waals surface area (Å²) in [6.07, 6.45) is 2.00. The number of fused-ring (bicyclic) bond motifs is 2. The summed E-state index contributed by atoms with van der Waals surface area (Å²) >= 11 is 0.